The summed E-state index contributed by atoms with van der Waals surface area (Å²) in [6.45, 7) is 4.64. The summed E-state index contributed by atoms with van der Waals surface area (Å²) in [6, 6.07) is 0.345. The smallest absolute Gasteiger partial charge is 0.244 e. The van der Waals surface area contributed by atoms with Crippen molar-refractivity contribution in [2.75, 3.05) is 38.8 Å². The Kier molecular flexibility index (Phi) is 3.96. The molecule has 1 fully saturated rings. The van der Waals surface area contributed by atoms with E-state index in [1.807, 2.05) is 19.0 Å². The molecule has 1 aliphatic heterocycles. The van der Waals surface area contributed by atoms with Crippen molar-refractivity contribution in [2.24, 2.45) is 0 Å². The molecule has 2 heterocycles. The van der Waals surface area contributed by atoms with Gasteiger partial charge in [0.1, 0.15) is 5.82 Å². The zero-order chi connectivity index (χ0) is 12.3. The Labute approximate surface area is 102 Å². The topological polar surface area (TPSA) is 66.1 Å². The predicted octanol–water partition coefficient (Wildman–Crippen LogP) is 0.353. The molecule has 2 unspecified atom stereocenters. The summed E-state index contributed by atoms with van der Waals surface area (Å²) in [7, 11) is 3.87. The Morgan fingerprint density at radius 1 is 1.47 bits per heavy atom. The number of nitrogens with one attached hydrogen (secondary N) is 2. The van der Waals surface area contributed by atoms with Crippen molar-refractivity contribution in [3.05, 3.63) is 5.82 Å². The third kappa shape index (κ3) is 2.76. The minimum Gasteiger partial charge on any atom is -0.379 e. The first kappa shape index (κ1) is 12.3. The van der Waals surface area contributed by atoms with Gasteiger partial charge in [-0.05, 0) is 13.0 Å². The zero-order valence-electron chi connectivity index (χ0n) is 10.7. The Hall–Kier alpha value is -1.14. The summed E-state index contributed by atoms with van der Waals surface area (Å²) in [5, 5.41) is 10.7. The van der Waals surface area contributed by atoms with E-state index in [9.17, 15) is 0 Å². The first-order valence-corrected chi connectivity index (χ1v) is 6.13. The van der Waals surface area contributed by atoms with E-state index in [0.29, 0.717) is 12.6 Å². The number of anilines is 1. The van der Waals surface area contributed by atoms with Crippen LogP contribution in [0.5, 0.6) is 0 Å². The van der Waals surface area contributed by atoms with Crippen molar-refractivity contribution < 1.29 is 4.74 Å². The van der Waals surface area contributed by atoms with Gasteiger partial charge in [0.15, 0.2) is 0 Å². The van der Waals surface area contributed by atoms with Gasteiger partial charge < -0.3 is 15.0 Å². The van der Waals surface area contributed by atoms with Crippen LogP contribution in [0.25, 0.3) is 0 Å². The van der Waals surface area contributed by atoms with Gasteiger partial charge in [-0.2, -0.15) is 4.98 Å². The lowest BCUT2D eigenvalue weighted by molar-refractivity contribution is 0.187. The third-order valence-corrected chi connectivity index (χ3v) is 2.98. The van der Waals surface area contributed by atoms with Crippen molar-refractivity contribution in [3.8, 4) is 0 Å². The van der Waals surface area contributed by atoms with Crippen molar-refractivity contribution in [1.82, 2.24) is 20.5 Å². The molecule has 2 rings (SSSR count). The average molecular weight is 239 g/mol. The first-order chi connectivity index (χ1) is 8.22. The summed E-state index contributed by atoms with van der Waals surface area (Å²) in [6.07, 6.45) is 1.13. The van der Waals surface area contributed by atoms with Crippen LogP contribution in [0.3, 0.4) is 0 Å². The molecule has 0 bridgehead atoms. The van der Waals surface area contributed by atoms with Crippen LogP contribution in [0.4, 0.5) is 5.95 Å². The molecule has 1 aromatic rings. The second-order valence-corrected chi connectivity index (χ2v) is 4.62. The largest absolute Gasteiger partial charge is 0.379 e. The molecule has 1 saturated heterocycles. The second kappa shape index (κ2) is 5.46. The maximum Gasteiger partial charge on any atom is 0.244 e. The van der Waals surface area contributed by atoms with E-state index >= 15 is 0 Å². The van der Waals surface area contributed by atoms with Gasteiger partial charge in [-0.25, -0.2) is 0 Å². The SMILES string of the molecule is CCCNC1COCC1c1nc(N(C)C)n[nH]1. The zero-order valence-corrected chi connectivity index (χ0v) is 10.7. The van der Waals surface area contributed by atoms with Crippen LogP contribution in [0.1, 0.15) is 25.1 Å². The lowest BCUT2D eigenvalue weighted by Gasteiger charge is -2.16. The molecule has 0 aromatic carbocycles. The maximum absolute atomic E-state index is 5.53. The maximum atomic E-state index is 5.53. The fourth-order valence-corrected chi connectivity index (χ4v) is 1.99. The molecule has 17 heavy (non-hydrogen) atoms. The van der Waals surface area contributed by atoms with Gasteiger partial charge in [0.25, 0.3) is 0 Å². The summed E-state index contributed by atoms with van der Waals surface area (Å²) in [4.78, 5) is 6.38. The fraction of sp³-hybridized carbons (Fsp3) is 0.818. The van der Waals surface area contributed by atoms with Gasteiger partial charge in [-0.1, -0.05) is 6.92 Å². The quantitative estimate of drug-likeness (QED) is 0.776. The highest BCUT2D eigenvalue weighted by atomic mass is 16.5. The molecule has 1 aliphatic rings. The van der Waals surface area contributed by atoms with Crippen LogP contribution < -0.4 is 10.2 Å². The molecule has 6 heteroatoms. The lowest BCUT2D eigenvalue weighted by atomic mass is 10.0. The van der Waals surface area contributed by atoms with Gasteiger partial charge >= 0.3 is 0 Å². The number of aromatic amines is 1. The van der Waals surface area contributed by atoms with Crippen LogP contribution in [0.2, 0.25) is 0 Å². The molecular formula is C11H21N5O. The van der Waals surface area contributed by atoms with Crippen molar-refractivity contribution >= 4 is 5.95 Å². The van der Waals surface area contributed by atoms with E-state index in [2.05, 4.69) is 27.4 Å². The Balaban J connectivity index is 2.03. The van der Waals surface area contributed by atoms with Crippen LogP contribution in [-0.4, -0.2) is 55.1 Å². The third-order valence-electron chi connectivity index (χ3n) is 2.98. The number of aromatic nitrogens is 3. The van der Waals surface area contributed by atoms with Crippen LogP contribution in [0, 0.1) is 0 Å². The molecule has 6 nitrogen and oxygen atoms in total. The summed E-state index contributed by atoms with van der Waals surface area (Å²) < 4.78 is 5.53. The number of nitrogens with zero attached hydrogens (tertiary/aromatic N) is 3. The van der Waals surface area contributed by atoms with Crippen LogP contribution >= 0.6 is 0 Å². The molecule has 0 amide bonds. The highest BCUT2D eigenvalue weighted by Gasteiger charge is 2.31. The van der Waals surface area contributed by atoms with Gasteiger partial charge in [-0.3, -0.25) is 5.10 Å². The summed E-state index contributed by atoms with van der Waals surface area (Å²) in [5.41, 5.74) is 0. The standard InChI is InChI=1S/C11H21N5O/c1-4-5-12-9-7-17-6-8(9)10-13-11(15-14-10)16(2)3/h8-9,12H,4-7H2,1-3H3,(H,13,14,15). The van der Waals surface area contributed by atoms with Crippen molar-refractivity contribution in [1.29, 1.82) is 0 Å². The molecule has 0 saturated carbocycles. The Morgan fingerprint density at radius 2 is 2.29 bits per heavy atom. The van der Waals surface area contributed by atoms with Gasteiger partial charge in [0.05, 0.1) is 19.1 Å². The van der Waals surface area contributed by atoms with E-state index in [-0.39, 0.29) is 5.92 Å². The van der Waals surface area contributed by atoms with E-state index in [1.54, 1.807) is 0 Å². The van der Waals surface area contributed by atoms with Crippen LogP contribution in [0.15, 0.2) is 0 Å². The molecule has 96 valence electrons. The van der Waals surface area contributed by atoms with E-state index < -0.39 is 0 Å². The lowest BCUT2D eigenvalue weighted by Crippen LogP contribution is -2.35. The number of hydrogen-bond acceptors (Lipinski definition) is 5. The van der Waals surface area contributed by atoms with Gasteiger partial charge in [0.2, 0.25) is 5.95 Å². The molecule has 2 atom stereocenters. The summed E-state index contributed by atoms with van der Waals surface area (Å²) >= 11 is 0. The van der Waals surface area contributed by atoms with Gasteiger partial charge in [0, 0.05) is 20.1 Å². The predicted molar refractivity (Wildman–Crippen MR) is 66.4 cm³/mol. The minimum atomic E-state index is 0.280. The van der Waals surface area contributed by atoms with E-state index in [0.717, 1.165) is 31.3 Å². The first-order valence-electron chi connectivity index (χ1n) is 6.13. The minimum absolute atomic E-state index is 0.280. The van der Waals surface area contributed by atoms with E-state index in [4.69, 9.17) is 4.74 Å². The Morgan fingerprint density at radius 3 is 2.94 bits per heavy atom. The molecule has 2 N–H and O–H groups in total. The van der Waals surface area contributed by atoms with Gasteiger partial charge in [-0.15, -0.1) is 5.10 Å². The number of hydrogen-bond donors (Lipinski definition) is 2. The van der Waals surface area contributed by atoms with Crippen LogP contribution in [-0.2, 0) is 4.74 Å². The van der Waals surface area contributed by atoms with E-state index in [1.165, 1.54) is 0 Å². The normalized spacial score (nSPS) is 24.2. The molecule has 0 radical (unpaired) electrons. The summed E-state index contributed by atoms with van der Waals surface area (Å²) in [5.74, 6) is 1.92. The highest BCUT2D eigenvalue weighted by molar-refractivity contribution is 5.26. The fourth-order valence-electron chi connectivity index (χ4n) is 1.99. The molecule has 0 aliphatic carbocycles. The number of H-pyrrole nitrogens is 1. The molecular weight excluding hydrogens is 218 g/mol. The van der Waals surface area contributed by atoms with Crippen molar-refractivity contribution in [3.63, 3.8) is 0 Å². The molecule has 1 aromatic heterocycles. The highest BCUT2D eigenvalue weighted by Crippen LogP contribution is 2.23. The molecule has 0 spiro atoms. The Bertz CT molecular complexity index is 351. The number of rotatable bonds is 5. The number of ether oxygens (including phenoxy) is 1. The average Bonchev–Trinajstić information content (AvgIpc) is 2.94. The monoisotopic (exact) mass is 239 g/mol. The van der Waals surface area contributed by atoms with Crippen molar-refractivity contribution in [2.45, 2.75) is 25.3 Å². The second-order valence-electron chi connectivity index (χ2n) is 4.62.